The van der Waals surface area contributed by atoms with Gasteiger partial charge < -0.3 is 15.2 Å². The number of halogens is 1. The summed E-state index contributed by atoms with van der Waals surface area (Å²) in [5, 5.41) is 5.27. The number of rotatable bonds is 7. The van der Waals surface area contributed by atoms with Gasteiger partial charge >= 0.3 is 0 Å². The van der Waals surface area contributed by atoms with Gasteiger partial charge in [-0.2, -0.15) is 0 Å². The van der Waals surface area contributed by atoms with Gasteiger partial charge in [-0.3, -0.25) is 9.69 Å². The average molecular weight is 493 g/mol. The van der Waals surface area contributed by atoms with Crippen LogP contribution in [0, 0.1) is 5.92 Å². The molecule has 186 valence electrons. The van der Waals surface area contributed by atoms with E-state index in [2.05, 4.69) is 45.2 Å². The summed E-state index contributed by atoms with van der Waals surface area (Å²) in [6.07, 6.45) is 6.80. The van der Waals surface area contributed by atoms with Crippen LogP contribution in [-0.4, -0.2) is 54.6 Å². The Kier molecular flexibility index (Phi) is 7.64. The molecular weight excluding hydrogens is 456 g/mol. The molecule has 0 spiro atoms. The van der Waals surface area contributed by atoms with Crippen molar-refractivity contribution in [2.45, 2.75) is 51.5 Å². The molecule has 1 amide bonds. The number of para-hydroxylation sites is 1. The van der Waals surface area contributed by atoms with Gasteiger partial charge in [-0.15, -0.1) is 0 Å². The van der Waals surface area contributed by atoms with E-state index in [4.69, 9.17) is 11.6 Å². The molecule has 2 fully saturated rings. The number of aryl methyl sites for hydroxylation is 1. The third-order valence-corrected chi connectivity index (χ3v) is 8.40. The number of H-pyrrole nitrogens is 1. The molecule has 5 rings (SSSR count). The second-order valence-electron chi connectivity index (χ2n) is 10.2. The van der Waals surface area contributed by atoms with Crippen LogP contribution in [0.1, 0.15) is 55.1 Å². The maximum atomic E-state index is 12.7. The van der Waals surface area contributed by atoms with Crippen molar-refractivity contribution in [1.82, 2.24) is 15.2 Å². The number of benzene rings is 2. The quantitative estimate of drug-likeness (QED) is 0.432. The largest absolute Gasteiger partial charge is 0.368 e. The predicted molar refractivity (Wildman–Crippen MR) is 146 cm³/mol. The Morgan fingerprint density at radius 2 is 1.80 bits per heavy atom. The van der Waals surface area contributed by atoms with Gasteiger partial charge in [0, 0.05) is 43.1 Å². The van der Waals surface area contributed by atoms with E-state index in [9.17, 15) is 4.79 Å². The van der Waals surface area contributed by atoms with Gasteiger partial charge in [0.2, 0.25) is 0 Å². The van der Waals surface area contributed by atoms with Crippen LogP contribution >= 0.6 is 11.6 Å². The van der Waals surface area contributed by atoms with Crippen molar-refractivity contribution in [3.8, 4) is 0 Å². The molecule has 0 unspecified atom stereocenters. The van der Waals surface area contributed by atoms with E-state index < -0.39 is 0 Å². The Morgan fingerprint density at radius 1 is 1.03 bits per heavy atom. The molecule has 35 heavy (non-hydrogen) atoms. The molecule has 1 saturated heterocycles. The number of carbonyl (C=O) groups excluding carboxylic acids is 1. The molecule has 0 bridgehead atoms. The van der Waals surface area contributed by atoms with Crippen LogP contribution in [0.4, 0.5) is 5.69 Å². The van der Waals surface area contributed by atoms with Crippen LogP contribution in [0.25, 0.3) is 10.9 Å². The lowest BCUT2D eigenvalue weighted by molar-refractivity contribution is 0.0915. The molecule has 3 aromatic rings. The Balaban J connectivity index is 1.03. The van der Waals surface area contributed by atoms with Crippen molar-refractivity contribution in [2.24, 2.45) is 5.92 Å². The summed E-state index contributed by atoms with van der Waals surface area (Å²) in [5.74, 6) is 0.789. The van der Waals surface area contributed by atoms with Crippen LogP contribution in [-0.2, 0) is 6.42 Å². The highest BCUT2D eigenvalue weighted by Crippen LogP contribution is 2.31. The minimum atomic E-state index is 0.0205. The molecule has 1 aliphatic carbocycles. The molecule has 2 aliphatic rings. The number of nitrogens with one attached hydrogen (secondary N) is 2. The van der Waals surface area contributed by atoms with Crippen molar-refractivity contribution >= 4 is 34.1 Å². The number of nitrogens with zero attached hydrogens (tertiary/aromatic N) is 2. The van der Waals surface area contributed by atoms with Gasteiger partial charge in [0.05, 0.1) is 10.7 Å². The zero-order chi connectivity index (χ0) is 24.2. The highest BCUT2D eigenvalue weighted by Gasteiger charge is 2.25. The summed E-state index contributed by atoms with van der Waals surface area (Å²) in [6.45, 7) is 7.62. The first-order valence-corrected chi connectivity index (χ1v) is 13.6. The summed E-state index contributed by atoms with van der Waals surface area (Å²) in [6, 6.07) is 16.7. The number of hydrogen-bond donors (Lipinski definition) is 2. The number of fused-ring (bicyclic) bond motifs is 1. The summed E-state index contributed by atoms with van der Waals surface area (Å²) >= 11 is 6.65. The highest BCUT2D eigenvalue weighted by molar-refractivity contribution is 6.34. The van der Waals surface area contributed by atoms with E-state index in [-0.39, 0.29) is 11.9 Å². The van der Waals surface area contributed by atoms with E-state index in [0.717, 1.165) is 67.3 Å². The maximum absolute atomic E-state index is 12.7. The van der Waals surface area contributed by atoms with Gasteiger partial charge in [-0.1, -0.05) is 48.9 Å². The Labute approximate surface area is 213 Å². The summed E-state index contributed by atoms with van der Waals surface area (Å²) < 4.78 is 0. The highest BCUT2D eigenvalue weighted by atomic mass is 35.5. The fourth-order valence-electron chi connectivity index (χ4n) is 5.72. The monoisotopic (exact) mass is 492 g/mol. The number of piperazine rings is 1. The molecule has 1 aromatic heterocycles. The second kappa shape index (κ2) is 11.0. The van der Waals surface area contributed by atoms with Crippen LogP contribution in [0.5, 0.6) is 0 Å². The molecule has 1 aliphatic heterocycles. The second-order valence-corrected chi connectivity index (χ2v) is 10.6. The van der Waals surface area contributed by atoms with Crippen molar-refractivity contribution in [3.63, 3.8) is 0 Å². The van der Waals surface area contributed by atoms with E-state index in [1.807, 2.05) is 30.3 Å². The first-order valence-electron chi connectivity index (χ1n) is 13.2. The van der Waals surface area contributed by atoms with Gasteiger partial charge in [-0.05, 0) is 74.8 Å². The maximum Gasteiger partial charge on any atom is 0.267 e. The number of hydrogen-bond acceptors (Lipinski definition) is 3. The summed E-state index contributed by atoms with van der Waals surface area (Å²) in [4.78, 5) is 21.0. The van der Waals surface area contributed by atoms with E-state index in [0.29, 0.717) is 5.69 Å². The minimum Gasteiger partial charge on any atom is -0.368 e. The zero-order valence-corrected chi connectivity index (χ0v) is 21.5. The van der Waals surface area contributed by atoms with Crippen LogP contribution in [0.2, 0.25) is 5.02 Å². The Hall–Kier alpha value is -2.50. The molecule has 5 nitrogen and oxygen atoms in total. The van der Waals surface area contributed by atoms with E-state index in [1.54, 1.807) is 0 Å². The Morgan fingerprint density at radius 3 is 2.54 bits per heavy atom. The van der Waals surface area contributed by atoms with Crippen molar-refractivity contribution in [3.05, 3.63) is 64.8 Å². The number of amides is 1. The van der Waals surface area contributed by atoms with Gasteiger partial charge in [0.1, 0.15) is 5.69 Å². The molecule has 1 saturated carbocycles. The number of carbonyl (C=O) groups is 1. The summed E-state index contributed by atoms with van der Waals surface area (Å²) in [7, 11) is 0. The minimum absolute atomic E-state index is 0.0205. The normalized spacial score (nSPS) is 21.4. The standard InChI is InChI=1S/C29H37ClN4O/c1-2-22-7-5-9-27(28(22)30)34-18-16-33(17-19-34)15-14-21-10-12-24(13-11-21)31-29(35)26-20-23-6-3-4-8-25(23)32-26/h3-9,20-21,24,32H,2,10-19H2,1H3,(H,31,35). The lowest BCUT2D eigenvalue weighted by Gasteiger charge is -2.37. The Bertz CT molecular complexity index is 1110. The zero-order valence-electron chi connectivity index (χ0n) is 20.7. The van der Waals surface area contributed by atoms with Crippen molar-refractivity contribution < 1.29 is 4.79 Å². The predicted octanol–water partition coefficient (Wildman–Crippen LogP) is 5.88. The molecule has 2 N–H and O–H groups in total. The van der Waals surface area contributed by atoms with E-state index in [1.165, 1.54) is 37.1 Å². The third kappa shape index (κ3) is 5.68. The number of anilines is 1. The molecule has 6 heteroatoms. The number of aromatic nitrogens is 1. The van der Waals surface area contributed by atoms with Gasteiger partial charge in [0.15, 0.2) is 0 Å². The fourth-order valence-corrected chi connectivity index (χ4v) is 6.09. The topological polar surface area (TPSA) is 51.4 Å². The van der Waals surface area contributed by atoms with Crippen LogP contribution in [0.3, 0.4) is 0 Å². The lowest BCUT2D eigenvalue weighted by atomic mass is 9.84. The smallest absolute Gasteiger partial charge is 0.267 e. The first kappa shape index (κ1) is 24.2. The first-order chi connectivity index (χ1) is 17.1. The fraction of sp³-hybridized carbons (Fsp3) is 0.483. The third-order valence-electron chi connectivity index (χ3n) is 7.96. The van der Waals surface area contributed by atoms with Crippen molar-refractivity contribution in [1.29, 1.82) is 0 Å². The molecule has 2 heterocycles. The van der Waals surface area contributed by atoms with Crippen LogP contribution in [0.15, 0.2) is 48.5 Å². The number of aromatic amines is 1. The SMILES string of the molecule is CCc1cccc(N2CCN(CCC3CCC(NC(=O)c4cc5ccccc5[nH]4)CC3)CC2)c1Cl. The van der Waals surface area contributed by atoms with Crippen molar-refractivity contribution in [2.75, 3.05) is 37.6 Å². The van der Waals surface area contributed by atoms with Gasteiger partial charge in [-0.25, -0.2) is 0 Å². The lowest BCUT2D eigenvalue weighted by Crippen LogP contribution is -2.47. The van der Waals surface area contributed by atoms with Crippen LogP contribution < -0.4 is 10.2 Å². The van der Waals surface area contributed by atoms with E-state index >= 15 is 0 Å². The molecular formula is C29H37ClN4O. The average Bonchev–Trinajstić information content (AvgIpc) is 3.34. The molecule has 0 radical (unpaired) electrons. The molecule has 0 atom stereocenters. The van der Waals surface area contributed by atoms with Gasteiger partial charge in [0.25, 0.3) is 5.91 Å². The molecule has 2 aromatic carbocycles. The summed E-state index contributed by atoms with van der Waals surface area (Å²) in [5.41, 5.74) is 4.10.